The fourth-order valence-electron chi connectivity index (χ4n) is 2.72. The SMILES string of the molecule is Cc1cc(Cl)c2oc(C(=O)N[C@@H](C)Cc3cnccn3)c(C)c2c1. The Morgan fingerprint density at radius 2 is 2.12 bits per heavy atom. The number of benzene rings is 1. The minimum Gasteiger partial charge on any atom is -0.449 e. The number of aryl methyl sites for hydroxylation is 2. The van der Waals surface area contributed by atoms with Gasteiger partial charge in [0.05, 0.1) is 10.7 Å². The number of carbonyl (C=O) groups excluding carboxylic acids is 1. The van der Waals surface area contributed by atoms with Crippen LogP contribution in [0.15, 0.2) is 35.1 Å². The van der Waals surface area contributed by atoms with Crippen LogP contribution in [-0.2, 0) is 6.42 Å². The number of furan rings is 1. The molecule has 1 aromatic carbocycles. The third-order valence-electron chi connectivity index (χ3n) is 3.85. The highest BCUT2D eigenvalue weighted by Gasteiger charge is 2.21. The zero-order chi connectivity index (χ0) is 17.3. The minimum absolute atomic E-state index is 0.0981. The second-order valence-electron chi connectivity index (χ2n) is 5.95. The Kier molecular flexibility index (Phi) is 4.53. The van der Waals surface area contributed by atoms with Crippen LogP contribution in [0.5, 0.6) is 0 Å². The van der Waals surface area contributed by atoms with Crippen LogP contribution in [0.3, 0.4) is 0 Å². The number of hydrogen-bond acceptors (Lipinski definition) is 4. The molecule has 0 bridgehead atoms. The lowest BCUT2D eigenvalue weighted by atomic mass is 10.1. The summed E-state index contributed by atoms with van der Waals surface area (Å²) in [5.41, 5.74) is 3.19. The first-order valence-corrected chi connectivity index (χ1v) is 8.08. The van der Waals surface area contributed by atoms with E-state index >= 15 is 0 Å². The highest BCUT2D eigenvalue weighted by Crippen LogP contribution is 2.32. The summed E-state index contributed by atoms with van der Waals surface area (Å²) in [6, 6.07) is 3.70. The van der Waals surface area contributed by atoms with E-state index in [-0.39, 0.29) is 11.9 Å². The quantitative estimate of drug-likeness (QED) is 0.781. The average molecular weight is 344 g/mol. The molecule has 0 radical (unpaired) electrons. The van der Waals surface area contributed by atoms with Crippen molar-refractivity contribution < 1.29 is 9.21 Å². The second-order valence-corrected chi connectivity index (χ2v) is 6.36. The van der Waals surface area contributed by atoms with Crippen LogP contribution in [0.1, 0.15) is 34.3 Å². The molecule has 2 heterocycles. The van der Waals surface area contributed by atoms with Crippen LogP contribution in [0.25, 0.3) is 11.0 Å². The molecule has 6 heteroatoms. The molecule has 24 heavy (non-hydrogen) atoms. The Morgan fingerprint density at radius 3 is 2.83 bits per heavy atom. The zero-order valence-corrected chi connectivity index (χ0v) is 14.5. The normalized spacial score (nSPS) is 12.3. The van der Waals surface area contributed by atoms with E-state index in [0.717, 1.165) is 22.2 Å². The monoisotopic (exact) mass is 343 g/mol. The van der Waals surface area contributed by atoms with Gasteiger partial charge in [0.15, 0.2) is 11.3 Å². The van der Waals surface area contributed by atoms with E-state index in [1.54, 1.807) is 18.6 Å². The van der Waals surface area contributed by atoms with Gasteiger partial charge in [-0.3, -0.25) is 14.8 Å². The Morgan fingerprint density at radius 1 is 1.33 bits per heavy atom. The molecule has 5 nitrogen and oxygen atoms in total. The van der Waals surface area contributed by atoms with Gasteiger partial charge in [0.2, 0.25) is 0 Å². The van der Waals surface area contributed by atoms with Gasteiger partial charge in [0, 0.05) is 42.0 Å². The van der Waals surface area contributed by atoms with Crippen LogP contribution in [-0.4, -0.2) is 21.9 Å². The fraction of sp³-hybridized carbons (Fsp3) is 0.278. The maximum atomic E-state index is 12.5. The first-order chi connectivity index (χ1) is 11.5. The molecule has 124 valence electrons. The topological polar surface area (TPSA) is 68.0 Å². The molecular weight excluding hydrogens is 326 g/mol. The summed E-state index contributed by atoms with van der Waals surface area (Å²) in [5, 5.41) is 4.32. The van der Waals surface area contributed by atoms with E-state index < -0.39 is 0 Å². The average Bonchev–Trinajstić information content (AvgIpc) is 2.86. The number of nitrogens with one attached hydrogen (secondary N) is 1. The molecule has 1 N–H and O–H groups in total. The maximum absolute atomic E-state index is 12.5. The van der Waals surface area contributed by atoms with Crippen molar-refractivity contribution in [1.29, 1.82) is 0 Å². The summed E-state index contributed by atoms with van der Waals surface area (Å²) in [5.74, 6) is 0.0392. The van der Waals surface area contributed by atoms with Crippen molar-refractivity contribution in [1.82, 2.24) is 15.3 Å². The first kappa shape index (κ1) is 16.5. The van der Waals surface area contributed by atoms with Gasteiger partial charge in [0.25, 0.3) is 5.91 Å². The molecule has 0 aliphatic heterocycles. The molecule has 0 saturated carbocycles. The highest BCUT2D eigenvalue weighted by atomic mass is 35.5. The zero-order valence-electron chi connectivity index (χ0n) is 13.8. The van der Waals surface area contributed by atoms with Gasteiger partial charge in [-0.15, -0.1) is 0 Å². The van der Waals surface area contributed by atoms with Gasteiger partial charge in [0.1, 0.15) is 0 Å². The molecule has 3 rings (SSSR count). The first-order valence-electron chi connectivity index (χ1n) is 7.70. The Bertz CT molecular complexity index is 890. The molecule has 0 saturated heterocycles. The molecule has 1 amide bonds. The fourth-order valence-corrected chi connectivity index (χ4v) is 3.03. The predicted molar refractivity (Wildman–Crippen MR) is 93.4 cm³/mol. The summed E-state index contributed by atoms with van der Waals surface area (Å²) in [6.07, 6.45) is 5.55. The van der Waals surface area contributed by atoms with Gasteiger partial charge >= 0.3 is 0 Å². The molecule has 3 aromatic rings. The number of hydrogen-bond donors (Lipinski definition) is 1. The Labute approximate surface area is 145 Å². The van der Waals surface area contributed by atoms with E-state index in [4.69, 9.17) is 16.0 Å². The lowest BCUT2D eigenvalue weighted by Gasteiger charge is -2.12. The van der Waals surface area contributed by atoms with E-state index in [9.17, 15) is 4.79 Å². The van der Waals surface area contributed by atoms with Crippen molar-refractivity contribution >= 4 is 28.5 Å². The van der Waals surface area contributed by atoms with Crippen LogP contribution in [0, 0.1) is 13.8 Å². The molecule has 1 atom stereocenters. The third-order valence-corrected chi connectivity index (χ3v) is 4.13. The second kappa shape index (κ2) is 6.61. The van der Waals surface area contributed by atoms with Gasteiger partial charge < -0.3 is 9.73 Å². The number of amides is 1. The summed E-state index contributed by atoms with van der Waals surface area (Å²) >= 11 is 6.22. The highest BCUT2D eigenvalue weighted by molar-refractivity contribution is 6.35. The van der Waals surface area contributed by atoms with Crippen LogP contribution in [0.4, 0.5) is 0 Å². The van der Waals surface area contributed by atoms with E-state index in [0.29, 0.717) is 22.8 Å². The largest absolute Gasteiger partial charge is 0.449 e. The third kappa shape index (κ3) is 3.26. The summed E-state index contributed by atoms with van der Waals surface area (Å²) in [4.78, 5) is 20.8. The molecule has 0 spiro atoms. The lowest BCUT2D eigenvalue weighted by molar-refractivity contribution is 0.0913. The number of halogens is 1. The summed E-state index contributed by atoms with van der Waals surface area (Å²) in [6.45, 7) is 5.74. The number of aromatic nitrogens is 2. The Hall–Kier alpha value is -2.40. The predicted octanol–water partition coefficient (Wildman–Crippen LogP) is 3.85. The van der Waals surface area contributed by atoms with Crippen LogP contribution < -0.4 is 5.32 Å². The van der Waals surface area contributed by atoms with Crippen molar-refractivity contribution in [2.45, 2.75) is 33.2 Å². The summed E-state index contributed by atoms with van der Waals surface area (Å²) in [7, 11) is 0. The van der Waals surface area contributed by atoms with Gasteiger partial charge in [-0.1, -0.05) is 11.6 Å². The van der Waals surface area contributed by atoms with Crippen molar-refractivity contribution in [3.8, 4) is 0 Å². The van der Waals surface area contributed by atoms with Crippen molar-refractivity contribution in [2.75, 3.05) is 0 Å². The molecule has 0 fully saturated rings. The maximum Gasteiger partial charge on any atom is 0.287 e. The van der Waals surface area contributed by atoms with Crippen molar-refractivity contribution in [3.05, 3.63) is 58.3 Å². The van der Waals surface area contributed by atoms with Crippen molar-refractivity contribution in [2.24, 2.45) is 0 Å². The number of nitrogens with zero attached hydrogens (tertiary/aromatic N) is 2. The molecule has 0 aliphatic carbocycles. The standard InChI is InChI=1S/C18H18ClN3O2/c1-10-6-14-12(3)16(24-17(14)15(19)7-10)18(23)22-11(2)8-13-9-20-4-5-21-13/h4-7,9,11H,8H2,1-3H3,(H,22,23)/t11-/m0/s1. The molecule has 2 aromatic heterocycles. The number of rotatable bonds is 4. The smallest absolute Gasteiger partial charge is 0.287 e. The number of carbonyl (C=O) groups is 1. The lowest BCUT2D eigenvalue weighted by Crippen LogP contribution is -2.34. The van der Waals surface area contributed by atoms with Crippen LogP contribution >= 0.6 is 11.6 Å². The Balaban J connectivity index is 1.81. The van der Waals surface area contributed by atoms with Gasteiger partial charge in [-0.25, -0.2) is 0 Å². The minimum atomic E-state index is -0.256. The molecular formula is C18H18ClN3O2. The van der Waals surface area contributed by atoms with E-state index in [2.05, 4.69) is 15.3 Å². The van der Waals surface area contributed by atoms with Crippen molar-refractivity contribution in [3.63, 3.8) is 0 Å². The summed E-state index contributed by atoms with van der Waals surface area (Å²) < 4.78 is 5.73. The molecule has 0 aliphatic rings. The van der Waals surface area contributed by atoms with Crippen LogP contribution in [0.2, 0.25) is 5.02 Å². The van der Waals surface area contributed by atoms with Gasteiger partial charge in [-0.2, -0.15) is 0 Å². The molecule has 0 unspecified atom stereocenters. The van der Waals surface area contributed by atoms with E-state index in [1.807, 2.05) is 32.9 Å². The van der Waals surface area contributed by atoms with E-state index in [1.165, 1.54) is 0 Å². The van der Waals surface area contributed by atoms with Gasteiger partial charge in [-0.05, 0) is 38.5 Å². The number of fused-ring (bicyclic) bond motifs is 1.